The van der Waals surface area contributed by atoms with Gasteiger partial charge < -0.3 is 5.11 Å². The molecule has 0 amide bonds. The van der Waals surface area contributed by atoms with Crippen LogP contribution in [-0.2, 0) is 10.0 Å². The molecule has 1 aromatic carbocycles. The third-order valence-corrected chi connectivity index (χ3v) is 4.72. The molecule has 0 bridgehead atoms. The fourth-order valence-electron chi connectivity index (χ4n) is 1.38. The second-order valence-electron chi connectivity index (χ2n) is 5.81. The van der Waals surface area contributed by atoms with Gasteiger partial charge in [-0.05, 0) is 30.5 Å². The van der Waals surface area contributed by atoms with Gasteiger partial charge in [0.2, 0.25) is 10.0 Å². The quantitative estimate of drug-likeness (QED) is 0.837. The van der Waals surface area contributed by atoms with E-state index in [4.69, 9.17) is 5.11 Å². The van der Waals surface area contributed by atoms with Crippen LogP contribution in [0.5, 0.6) is 0 Å². The lowest BCUT2D eigenvalue weighted by atomic mass is 9.89. The lowest BCUT2D eigenvalue weighted by molar-refractivity contribution is 0.317. The Morgan fingerprint density at radius 1 is 1.38 bits per heavy atom. The highest BCUT2D eigenvalue weighted by atomic mass is 32.2. The van der Waals surface area contributed by atoms with Crippen LogP contribution in [0.25, 0.3) is 0 Å². The molecule has 1 unspecified atom stereocenters. The normalized spacial score (nSPS) is 13.4. The first-order valence-electron chi connectivity index (χ1n) is 6.49. The van der Waals surface area contributed by atoms with Crippen molar-refractivity contribution in [1.29, 1.82) is 0 Å². The van der Waals surface area contributed by atoms with E-state index in [2.05, 4.69) is 16.6 Å². The van der Waals surface area contributed by atoms with Crippen molar-refractivity contribution in [1.82, 2.24) is 4.72 Å². The number of aliphatic hydroxyl groups is 1. The van der Waals surface area contributed by atoms with Gasteiger partial charge in [-0.1, -0.05) is 32.6 Å². The standard InChI is InChI=1S/C15H20FNO3S/c1-11(15(2,3)4)17-21(19,20)13-8-7-12(6-5-9-18)14(16)10-13/h7-8,10-11,17-18H,9H2,1-4H3. The van der Waals surface area contributed by atoms with Crippen molar-refractivity contribution in [2.45, 2.75) is 38.6 Å². The number of nitrogens with one attached hydrogen (secondary N) is 1. The van der Waals surface area contributed by atoms with Gasteiger partial charge in [0, 0.05) is 6.04 Å². The van der Waals surface area contributed by atoms with Gasteiger partial charge in [0.25, 0.3) is 0 Å². The third kappa shape index (κ3) is 4.81. The van der Waals surface area contributed by atoms with Crippen molar-refractivity contribution in [2.75, 3.05) is 6.61 Å². The first-order chi connectivity index (χ1) is 9.58. The maximum Gasteiger partial charge on any atom is 0.240 e. The number of hydrogen-bond donors (Lipinski definition) is 2. The first-order valence-corrected chi connectivity index (χ1v) is 7.98. The molecule has 0 aromatic heterocycles. The summed E-state index contributed by atoms with van der Waals surface area (Å²) in [5.41, 5.74) is -0.204. The summed E-state index contributed by atoms with van der Waals surface area (Å²) in [4.78, 5) is -0.148. The molecule has 0 fully saturated rings. The topological polar surface area (TPSA) is 66.4 Å². The van der Waals surface area contributed by atoms with E-state index in [0.717, 1.165) is 6.07 Å². The van der Waals surface area contributed by atoms with E-state index >= 15 is 0 Å². The maximum absolute atomic E-state index is 13.8. The van der Waals surface area contributed by atoms with E-state index in [0.29, 0.717) is 0 Å². The molecule has 4 nitrogen and oxygen atoms in total. The van der Waals surface area contributed by atoms with E-state index in [1.807, 2.05) is 20.8 Å². The number of halogens is 1. The van der Waals surface area contributed by atoms with Gasteiger partial charge in [-0.3, -0.25) is 0 Å². The molecule has 116 valence electrons. The van der Waals surface area contributed by atoms with Gasteiger partial charge in [-0.2, -0.15) is 0 Å². The van der Waals surface area contributed by atoms with Crippen LogP contribution in [0.1, 0.15) is 33.3 Å². The Morgan fingerprint density at radius 3 is 2.48 bits per heavy atom. The van der Waals surface area contributed by atoms with Gasteiger partial charge in [0.05, 0.1) is 10.5 Å². The lowest BCUT2D eigenvalue weighted by Crippen LogP contribution is -2.41. The van der Waals surface area contributed by atoms with Crippen LogP contribution < -0.4 is 4.72 Å². The fraction of sp³-hybridized carbons (Fsp3) is 0.467. The summed E-state index contributed by atoms with van der Waals surface area (Å²) < 4.78 is 40.8. The van der Waals surface area contributed by atoms with E-state index < -0.39 is 15.8 Å². The molecular weight excluding hydrogens is 293 g/mol. The van der Waals surface area contributed by atoms with Gasteiger partial charge in [-0.25, -0.2) is 17.5 Å². The van der Waals surface area contributed by atoms with Crippen molar-refractivity contribution >= 4 is 10.0 Å². The van der Waals surface area contributed by atoms with Gasteiger partial charge in [-0.15, -0.1) is 0 Å². The van der Waals surface area contributed by atoms with E-state index in [9.17, 15) is 12.8 Å². The minimum Gasteiger partial charge on any atom is -0.384 e. The molecule has 0 aliphatic carbocycles. The zero-order valence-corrected chi connectivity index (χ0v) is 13.4. The van der Waals surface area contributed by atoms with Crippen LogP contribution in [0, 0.1) is 23.1 Å². The number of rotatable bonds is 3. The number of benzene rings is 1. The van der Waals surface area contributed by atoms with Crippen LogP contribution in [0.15, 0.2) is 23.1 Å². The maximum atomic E-state index is 13.8. The highest BCUT2D eigenvalue weighted by Crippen LogP contribution is 2.21. The first kappa shape index (κ1) is 17.6. The van der Waals surface area contributed by atoms with E-state index in [1.165, 1.54) is 12.1 Å². The average Bonchev–Trinajstić information content (AvgIpc) is 2.35. The van der Waals surface area contributed by atoms with Gasteiger partial charge in [0.15, 0.2) is 0 Å². The van der Waals surface area contributed by atoms with Crippen LogP contribution >= 0.6 is 0 Å². The summed E-state index contributed by atoms with van der Waals surface area (Å²) in [6.07, 6.45) is 0. The Bertz CT molecular complexity index is 666. The van der Waals surface area contributed by atoms with Crippen LogP contribution in [0.4, 0.5) is 4.39 Å². The molecule has 1 atom stereocenters. The Hall–Kier alpha value is -1.42. The van der Waals surface area contributed by atoms with Gasteiger partial charge in [0.1, 0.15) is 12.4 Å². The second-order valence-corrected chi connectivity index (χ2v) is 7.52. The average molecular weight is 313 g/mol. The molecule has 1 rings (SSSR count). The Kier molecular flexibility index (Phi) is 5.51. The summed E-state index contributed by atoms with van der Waals surface area (Å²) in [7, 11) is -3.79. The van der Waals surface area contributed by atoms with Crippen molar-refractivity contribution < 1.29 is 17.9 Å². The molecule has 1 aromatic rings. The molecule has 2 N–H and O–H groups in total. The molecule has 0 saturated heterocycles. The minimum atomic E-state index is -3.79. The highest BCUT2D eigenvalue weighted by molar-refractivity contribution is 7.89. The lowest BCUT2D eigenvalue weighted by Gasteiger charge is -2.27. The van der Waals surface area contributed by atoms with E-state index in [-0.39, 0.29) is 28.5 Å². The number of sulfonamides is 1. The van der Waals surface area contributed by atoms with Crippen LogP contribution in [0.3, 0.4) is 0 Å². The zero-order chi connectivity index (χ0) is 16.3. The molecule has 21 heavy (non-hydrogen) atoms. The van der Waals surface area contributed by atoms with Crippen molar-refractivity contribution in [2.24, 2.45) is 5.41 Å². The van der Waals surface area contributed by atoms with Gasteiger partial charge >= 0.3 is 0 Å². The van der Waals surface area contributed by atoms with Crippen molar-refractivity contribution in [3.63, 3.8) is 0 Å². The zero-order valence-electron chi connectivity index (χ0n) is 12.6. The Labute approximate surface area is 125 Å². The molecule has 0 radical (unpaired) electrons. The summed E-state index contributed by atoms with van der Waals surface area (Å²) in [5, 5.41) is 8.58. The predicted octanol–water partition coefficient (Wildman–Crippen LogP) is 1.88. The second kappa shape index (κ2) is 6.56. The largest absolute Gasteiger partial charge is 0.384 e. The fourth-order valence-corrected chi connectivity index (χ4v) is 2.84. The summed E-state index contributed by atoms with van der Waals surface area (Å²) in [6.45, 7) is 7.11. The molecule has 0 saturated carbocycles. The Balaban J connectivity index is 3.08. The monoisotopic (exact) mass is 313 g/mol. The molecule has 0 spiro atoms. The van der Waals surface area contributed by atoms with Crippen LogP contribution in [-0.4, -0.2) is 26.2 Å². The van der Waals surface area contributed by atoms with E-state index in [1.54, 1.807) is 6.92 Å². The Morgan fingerprint density at radius 2 is 2.00 bits per heavy atom. The molecule has 0 heterocycles. The minimum absolute atomic E-state index is 0.0480. The number of aliphatic hydroxyl groups excluding tert-OH is 1. The molecule has 6 heteroatoms. The van der Waals surface area contributed by atoms with Crippen molar-refractivity contribution in [3.8, 4) is 11.8 Å². The SMILES string of the molecule is CC(NS(=O)(=O)c1ccc(C#CCO)c(F)c1)C(C)(C)C. The molecule has 0 aliphatic heterocycles. The molecule has 0 aliphatic rings. The summed E-state index contributed by atoms with van der Waals surface area (Å²) in [6, 6.07) is 3.20. The summed E-state index contributed by atoms with van der Waals surface area (Å²) >= 11 is 0. The smallest absolute Gasteiger partial charge is 0.240 e. The number of hydrogen-bond acceptors (Lipinski definition) is 3. The molecular formula is C15H20FNO3S. The highest BCUT2D eigenvalue weighted by Gasteiger charge is 2.26. The summed E-state index contributed by atoms with van der Waals surface area (Å²) in [5.74, 6) is 4.00. The predicted molar refractivity (Wildman–Crippen MR) is 79.6 cm³/mol. The third-order valence-electron chi connectivity index (χ3n) is 3.18. The van der Waals surface area contributed by atoms with Crippen molar-refractivity contribution in [3.05, 3.63) is 29.6 Å². The van der Waals surface area contributed by atoms with Crippen LogP contribution in [0.2, 0.25) is 0 Å².